The maximum atomic E-state index is 12.0. The molecule has 0 aliphatic carbocycles. The zero-order chi connectivity index (χ0) is 18.4. The fourth-order valence-electron chi connectivity index (χ4n) is 2.45. The van der Waals surface area contributed by atoms with E-state index in [-0.39, 0.29) is 31.3 Å². The predicted molar refractivity (Wildman–Crippen MR) is 104 cm³/mol. The Morgan fingerprint density at radius 1 is 1.04 bits per heavy atom. The van der Waals surface area contributed by atoms with Crippen LogP contribution in [0.25, 0.3) is 21.3 Å². The molecule has 0 saturated heterocycles. The minimum Gasteiger partial charge on any atom is -0.347 e. The SMILES string of the molecule is C#CCNC(=O)CNC(=O)Cc1nc2cc(-c3ccccc3)ccc2s1. The Labute approximate surface area is 155 Å². The number of terminal acetylenes is 1. The van der Waals surface area contributed by atoms with Crippen LogP contribution in [0.4, 0.5) is 0 Å². The van der Waals surface area contributed by atoms with Crippen molar-refractivity contribution < 1.29 is 9.59 Å². The molecule has 6 heteroatoms. The zero-order valence-corrected chi connectivity index (χ0v) is 14.8. The van der Waals surface area contributed by atoms with Crippen LogP contribution in [0.15, 0.2) is 48.5 Å². The smallest absolute Gasteiger partial charge is 0.240 e. The van der Waals surface area contributed by atoms with Crippen molar-refractivity contribution in [2.75, 3.05) is 13.1 Å². The third kappa shape index (κ3) is 4.47. The second-order valence-corrected chi connectivity index (χ2v) is 6.71. The quantitative estimate of drug-likeness (QED) is 0.661. The van der Waals surface area contributed by atoms with Crippen LogP contribution in [0, 0.1) is 12.3 Å². The van der Waals surface area contributed by atoms with Crippen molar-refractivity contribution in [3.05, 3.63) is 53.5 Å². The highest BCUT2D eigenvalue weighted by atomic mass is 32.1. The lowest BCUT2D eigenvalue weighted by Gasteiger charge is -2.03. The number of nitrogens with one attached hydrogen (secondary N) is 2. The number of hydrogen-bond donors (Lipinski definition) is 2. The summed E-state index contributed by atoms with van der Waals surface area (Å²) in [7, 11) is 0. The fraction of sp³-hybridized carbons (Fsp3) is 0.150. The van der Waals surface area contributed by atoms with Gasteiger partial charge in [0.25, 0.3) is 0 Å². The maximum Gasteiger partial charge on any atom is 0.240 e. The summed E-state index contributed by atoms with van der Waals surface area (Å²) in [5.41, 5.74) is 3.08. The van der Waals surface area contributed by atoms with Crippen molar-refractivity contribution in [2.24, 2.45) is 0 Å². The minimum atomic E-state index is -0.312. The van der Waals surface area contributed by atoms with Gasteiger partial charge in [-0.2, -0.15) is 0 Å². The van der Waals surface area contributed by atoms with Crippen LogP contribution in [0.2, 0.25) is 0 Å². The number of hydrogen-bond acceptors (Lipinski definition) is 4. The third-order valence-electron chi connectivity index (χ3n) is 3.68. The molecule has 2 amide bonds. The molecule has 0 spiro atoms. The number of carbonyl (C=O) groups excluding carboxylic acids is 2. The molecule has 26 heavy (non-hydrogen) atoms. The molecule has 0 unspecified atom stereocenters. The Balaban J connectivity index is 1.65. The lowest BCUT2D eigenvalue weighted by atomic mass is 10.1. The summed E-state index contributed by atoms with van der Waals surface area (Å²) < 4.78 is 1.03. The van der Waals surface area contributed by atoms with Gasteiger partial charge in [-0.15, -0.1) is 17.8 Å². The van der Waals surface area contributed by atoms with Crippen molar-refractivity contribution >= 4 is 33.4 Å². The van der Waals surface area contributed by atoms with Gasteiger partial charge in [0, 0.05) is 0 Å². The van der Waals surface area contributed by atoms with Crippen molar-refractivity contribution in [3.63, 3.8) is 0 Å². The summed E-state index contributed by atoms with van der Waals surface area (Å²) in [6.07, 6.45) is 5.20. The van der Waals surface area contributed by atoms with E-state index < -0.39 is 0 Å². The lowest BCUT2D eigenvalue weighted by molar-refractivity contribution is -0.125. The largest absolute Gasteiger partial charge is 0.347 e. The zero-order valence-electron chi connectivity index (χ0n) is 14.0. The van der Waals surface area contributed by atoms with E-state index in [4.69, 9.17) is 6.42 Å². The molecule has 3 rings (SSSR count). The number of amides is 2. The standard InChI is InChI=1S/C20H17N3O2S/c1-2-10-21-19(25)13-22-18(24)12-20-23-16-11-15(8-9-17(16)26-20)14-6-4-3-5-7-14/h1,3-9,11H,10,12-13H2,(H,21,25)(H,22,24). The molecule has 2 aromatic carbocycles. The highest BCUT2D eigenvalue weighted by Gasteiger charge is 2.11. The number of aromatic nitrogens is 1. The van der Waals surface area contributed by atoms with E-state index in [1.54, 1.807) is 0 Å². The van der Waals surface area contributed by atoms with Crippen LogP contribution < -0.4 is 10.6 Å². The van der Waals surface area contributed by atoms with E-state index in [1.165, 1.54) is 11.3 Å². The molecule has 0 aliphatic rings. The topological polar surface area (TPSA) is 71.1 Å². The minimum absolute atomic E-state index is 0.0937. The molecule has 1 aromatic heterocycles. The van der Waals surface area contributed by atoms with E-state index >= 15 is 0 Å². The molecule has 5 nitrogen and oxygen atoms in total. The summed E-state index contributed by atoms with van der Waals surface area (Å²) >= 11 is 1.48. The number of rotatable bonds is 6. The lowest BCUT2D eigenvalue weighted by Crippen LogP contribution is -2.37. The summed E-state index contributed by atoms with van der Waals surface area (Å²) in [5, 5.41) is 5.78. The summed E-state index contributed by atoms with van der Waals surface area (Å²) in [6, 6.07) is 16.2. The highest BCUT2D eigenvalue weighted by molar-refractivity contribution is 7.18. The summed E-state index contributed by atoms with van der Waals surface area (Å²) in [5.74, 6) is 1.75. The van der Waals surface area contributed by atoms with Crippen molar-refractivity contribution in [2.45, 2.75) is 6.42 Å². The van der Waals surface area contributed by atoms with E-state index in [0.29, 0.717) is 5.01 Å². The Morgan fingerprint density at radius 3 is 2.62 bits per heavy atom. The van der Waals surface area contributed by atoms with Crippen LogP contribution in [0.3, 0.4) is 0 Å². The van der Waals surface area contributed by atoms with Crippen LogP contribution in [-0.2, 0) is 16.0 Å². The van der Waals surface area contributed by atoms with E-state index in [9.17, 15) is 9.59 Å². The van der Waals surface area contributed by atoms with Gasteiger partial charge in [0.05, 0.1) is 29.7 Å². The van der Waals surface area contributed by atoms with Crippen LogP contribution in [-0.4, -0.2) is 29.9 Å². The molecule has 0 radical (unpaired) electrons. The van der Waals surface area contributed by atoms with Gasteiger partial charge in [0.2, 0.25) is 11.8 Å². The van der Waals surface area contributed by atoms with Gasteiger partial charge in [-0.1, -0.05) is 42.3 Å². The maximum absolute atomic E-state index is 12.0. The normalized spacial score (nSPS) is 10.3. The predicted octanol–water partition coefficient (Wildman–Crippen LogP) is 2.37. The third-order valence-corrected chi connectivity index (χ3v) is 4.72. The first-order chi connectivity index (χ1) is 12.7. The van der Waals surface area contributed by atoms with E-state index in [0.717, 1.165) is 21.3 Å². The number of benzene rings is 2. The van der Waals surface area contributed by atoms with Gasteiger partial charge in [-0.25, -0.2) is 4.98 Å². The number of nitrogens with zero attached hydrogens (tertiary/aromatic N) is 1. The molecule has 0 atom stereocenters. The average Bonchev–Trinajstić information content (AvgIpc) is 3.06. The van der Waals surface area contributed by atoms with Gasteiger partial charge in [0.1, 0.15) is 5.01 Å². The Morgan fingerprint density at radius 2 is 1.85 bits per heavy atom. The summed E-state index contributed by atoms with van der Waals surface area (Å²) in [4.78, 5) is 28.0. The van der Waals surface area contributed by atoms with Crippen molar-refractivity contribution in [1.82, 2.24) is 15.6 Å². The monoisotopic (exact) mass is 363 g/mol. The van der Waals surface area contributed by atoms with E-state index in [2.05, 4.69) is 27.6 Å². The second-order valence-electron chi connectivity index (χ2n) is 5.59. The number of carbonyl (C=O) groups is 2. The Bertz CT molecular complexity index is 974. The number of thiazole rings is 1. The molecule has 0 saturated carbocycles. The Kier molecular flexibility index (Phi) is 5.62. The molecule has 130 valence electrons. The molecule has 2 N–H and O–H groups in total. The molecule has 1 heterocycles. The van der Waals surface area contributed by atoms with Crippen molar-refractivity contribution in [3.8, 4) is 23.5 Å². The van der Waals surface area contributed by atoms with Gasteiger partial charge < -0.3 is 10.6 Å². The number of fused-ring (bicyclic) bond motifs is 1. The van der Waals surface area contributed by atoms with Crippen LogP contribution >= 0.6 is 11.3 Å². The second kappa shape index (κ2) is 8.28. The van der Waals surface area contributed by atoms with Gasteiger partial charge >= 0.3 is 0 Å². The average molecular weight is 363 g/mol. The van der Waals surface area contributed by atoms with Crippen molar-refractivity contribution in [1.29, 1.82) is 0 Å². The van der Waals surface area contributed by atoms with Gasteiger partial charge in [-0.3, -0.25) is 9.59 Å². The fourth-order valence-corrected chi connectivity index (χ4v) is 3.40. The van der Waals surface area contributed by atoms with Crippen LogP contribution in [0.5, 0.6) is 0 Å². The van der Waals surface area contributed by atoms with Crippen LogP contribution in [0.1, 0.15) is 5.01 Å². The first-order valence-corrected chi connectivity index (χ1v) is 8.89. The molecular weight excluding hydrogens is 346 g/mol. The highest BCUT2D eigenvalue weighted by Crippen LogP contribution is 2.28. The first-order valence-electron chi connectivity index (χ1n) is 8.07. The molecule has 0 bridgehead atoms. The Hall–Kier alpha value is -3.17. The first kappa shape index (κ1) is 17.6. The molecule has 3 aromatic rings. The molecular formula is C20H17N3O2S. The molecule has 0 aliphatic heterocycles. The summed E-state index contributed by atoms with van der Waals surface area (Å²) in [6.45, 7) is 0.0554. The molecule has 0 fully saturated rings. The van der Waals surface area contributed by atoms with Gasteiger partial charge in [0.15, 0.2) is 0 Å². The van der Waals surface area contributed by atoms with E-state index in [1.807, 2.05) is 42.5 Å². The van der Waals surface area contributed by atoms with Gasteiger partial charge in [-0.05, 0) is 23.3 Å².